The van der Waals surface area contributed by atoms with E-state index in [1.807, 2.05) is 7.05 Å². The molecule has 17 heavy (non-hydrogen) atoms. The van der Waals surface area contributed by atoms with Crippen molar-refractivity contribution in [3.63, 3.8) is 0 Å². The van der Waals surface area contributed by atoms with Gasteiger partial charge < -0.3 is 4.90 Å². The molecule has 1 aliphatic carbocycles. The highest BCUT2D eigenvalue weighted by Gasteiger charge is 2.45. The molecule has 0 N–H and O–H groups in total. The summed E-state index contributed by atoms with van der Waals surface area (Å²) in [6, 6.07) is 1.33. The zero-order valence-electron chi connectivity index (χ0n) is 12.2. The fourth-order valence-electron chi connectivity index (χ4n) is 4.10. The van der Waals surface area contributed by atoms with E-state index in [0.717, 1.165) is 12.0 Å². The Morgan fingerprint density at radius 3 is 2.71 bits per heavy atom. The Labute approximate surface area is 107 Å². The van der Waals surface area contributed by atoms with Crippen LogP contribution in [-0.4, -0.2) is 37.7 Å². The van der Waals surface area contributed by atoms with Gasteiger partial charge in [0, 0.05) is 25.6 Å². The molecule has 3 heteroatoms. The SMILES string of the molecule is BC1(C)CCCC2C1CC/C(=N/C)N2C(C)C. The minimum atomic E-state index is 0.523. The van der Waals surface area contributed by atoms with Gasteiger partial charge >= 0.3 is 0 Å². The standard InChI is InChI=1S/C14H27BN2/c1-10(2)17-12-6-5-9-14(3,15)11(12)7-8-13(17)16-4/h10-12H,5-9,15H2,1-4H3/b16-13-. The Bertz CT molecular complexity index is 309. The van der Waals surface area contributed by atoms with Crippen LogP contribution in [0.15, 0.2) is 4.99 Å². The largest absolute Gasteiger partial charge is 0.355 e. The number of piperidine rings is 1. The number of hydrogen-bond acceptors (Lipinski definition) is 1. The van der Waals surface area contributed by atoms with Crippen LogP contribution in [0.3, 0.4) is 0 Å². The lowest BCUT2D eigenvalue weighted by molar-refractivity contribution is 0.0866. The summed E-state index contributed by atoms with van der Waals surface area (Å²) in [4.78, 5) is 7.15. The number of nitrogens with zero attached hydrogens (tertiary/aromatic N) is 2. The van der Waals surface area contributed by atoms with Gasteiger partial charge in [0.05, 0.1) is 5.84 Å². The second-order valence-electron chi connectivity index (χ2n) is 6.73. The van der Waals surface area contributed by atoms with E-state index in [9.17, 15) is 0 Å². The molecule has 1 aliphatic heterocycles. The Balaban J connectivity index is 2.28. The van der Waals surface area contributed by atoms with Crippen LogP contribution in [0.5, 0.6) is 0 Å². The van der Waals surface area contributed by atoms with Crippen molar-refractivity contribution in [2.45, 2.75) is 70.3 Å². The van der Waals surface area contributed by atoms with Gasteiger partial charge in [-0.3, -0.25) is 4.99 Å². The minimum absolute atomic E-state index is 0.523. The van der Waals surface area contributed by atoms with Crippen LogP contribution >= 0.6 is 0 Å². The smallest absolute Gasteiger partial charge is 0.109 e. The van der Waals surface area contributed by atoms with Crippen molar-refractivity contribution in [3.8, 4) is 0 Å². The molecule has 2 nitrogen and oxygen atoms in total. The highest BCUT2D eigenvalue weighted by atomic mass is 15.2. The van der Waals surface area contributed by atoms with Gasteiger partial charge in [-0.1, -0.05) is 25.1 Å². The molecule has 0 aromatic heterocycles. The van der Waals surface area contributed by atoms with E-state index >= 15 is 0 Å². The van der Waals surface area contributed by atoms with Gasteiger partial charge in [0.25, 0.3) is 0 Å². The normalized spacial score (nSPS) is 40.8. The molecule has 0 radical (unpaired) electrons. The zero-order chi connectivity index (χ0) is 12.6. The van der Waals surface area contributed by atoms with E-state index in [1.54, 1.807) is 0 Å². The van der Waals surface area contributed by atoms with Crippen molar-refractivity contribution in [2.75, 3.05) is 7.05 Å². The Kier molecular flexibility index (Phi) is 3.56. The summed E-state index contributed by atoms with van der Waals surface area (Å²) in [6.45, 7) is 7.10. The lowest BCUT2D eigenvalue weighted by Gasteiger charge is -2.54. The molecule has 0 aromatic rings. The molecule has 3 atom stereocenters. The number of hydrogen-bond donors (Lipinski definition) is 0. The summed E-state index contributed by atoms with van der Waals surface area (Å²) in [5.74, 6) is 2.21. The first-order chi connectivity index (χ1) is 7.97. The Morgan fingerprint density at radius 2 is 2.12 bits per heavy atom. The molecule has 96 valence electrons. The number of aliphatic imine (C=N–C) groups is 1. The van der Waals surface area contributed by atoms with Crippen molar-refractivity contribution in [3.05, 3.63) is 0 Å². The van der Waals surface area contributed by atoms with Crippen LogP contribution in [0.1, 0.15) is 52.9 Å². The molecule has 1 saturated heterocycles. The lowest BCUT2D eigenvalue weighted by atomic mass is 9.52. The molecular weight excluding hydrogens is 207 g/mol. The van der Waals surface area contributed by atoms with Crippen LogP contribution in [0.2, 0.25) is 5.31 Å². The molecule has 0 aromatic carbocycles. The first-order valence-corrected chi connectivity index (χ1v) is 7.21. The van der Waals surface area contributed by atoms with Crippen LogP contribution in [-0.2, 0) is 0 Å². The third kappa shape index (κ3) is 2.25. The van der Waals surface area contributed by atoms with Crippen molar-refractivity contribution < 1.29 is 0 Å². The first-order valence-electron chi connectivity index (χ1n) is 7.21. The summed E-state index contributed by atoms with van der Waals surface area (Å²) in [5.41, 5.74) is 0. The van der Waals surface area contributed by atoms with Crippen LogP contribution in [0, 0.1) is 5.92 Å². The molecule has 2 rings (SSSR count). The second kappa shape index (κ2) is 4.66. The number of rotatable bonds is 1. The molecule has 0 amide bonds. The van der Waals surface area contributed by atoms with Crippen LogP contribution in [0.25, 0.3) is 0 Å². The van der Waals surface area contributed by atoms with E-state index in [2.05, 4.69) is 38.5 Å². The highest BCUT2D eigenvalue weighted by Crippen LogP contribution is 2.50. The average Bonchev–Trinajstić information content (AvgIpc) is 2.26. The fourth-order valence-corrected chi connectivity index (χ4v) is 4.10. The summed E-state index contributed by atoms with van der Waals surface area (Å²) in [7, 11) is 4.43. The molecule has 2 aliphatic rings. The molecule has 1 heterocycles. The van der Waals surface area contributed by atoms with Crippen LogP contribution < -0.4 is 0 Å². The molecule has 3 unspecified atom stereocenters. The molecule has 1 saturated carbocycles. The van der Waals surface area contributed by atoms with E-state index in [0.29, 0.717) is 11.4 Å². The van der Waals surface area contributed by atoms with Gasteiger partial charge in [-0.2, -0.15) is 0 Å². The van der Waals surface area contributed by atoms with Crippen molar-refractivity contribution in [2.24, 2.45) is 10.9 Å². The third-order valence-corrected chi connectivity index (χ3v) is 4.94. The maximum absolute atomic E-state index is 4.53. The van der Waals surface area contributed by atoms with Crippen molar-refractivity contribution in [1.82, 2.24) is 4.90 Å². The third-order valence-electron chi connectivity index (χ3n) is 4.94. The van der Waals surface area contributed by atoms with E-state index in [-0.39, 0.29) is 0 Å². The highest BCUT2D eigenvalue weighted by molar-refractivity contribution is 6.15. The average molecular weight is 234 g/mol. The summed E-state index contributed by atoms with van der Waals surface area (Å²) >= 11 is 0. The van der Waals surface area contributed by atoms with Crippen LogP contribution in [0.4, 0.5) is 0 Å². The van der Waals surface area contributed by atoms with E-state index in [1.165, 1.54) is 37.9 Å². The summed E-state index contributed by atoms with van der Waals surface area (Å²) in [6.07, 6.45) is 6.67. The minimum Gasteiger partial charge on any atom is -0.355 e. The second-order valence-corrected chi connectivity index (χ2v) is 6.73. The van der Waals surface area contributed by atoms with Gasteiger partial charge in [0.2, 0.25) is 0 Å². The topological polar surface area (TPSA) is 15.6 Å². The zero-order valence-corrected chi connectivity index (χ0v) is 12.2. The van der Waals surface area contributed by atoms with E-state index in [4.69, 9.17) is 0 Å². The number of likely N-dealkylation sites (tertiary alicyclic amines) is 1. The molecule has 0 bridgehead atoms. The predicted molar refractivity (Wildman–Crippen MR) is 77.6 cm³/mol. The van der Waals surface area contributed by atoms with Gasteiger partial charge in [0.15, 0.2) is 0 Å². The maximum Gasteiger partial charge on any atom is 0.109 e. The van der Waals surface area contributed by atoms with Gasteiger partial charge in [0.1, 0.15) is 7.85 Å². The maximum atomic E-state index is 4.53. The lowest BCUT2D eigenvalue weighted by Crippen LogP contribution is -2.55. The molecule has 0 spiro atoms. The molecule has 2 fully saturated rings. The van der Waals surface area contributed by atoms with Gasteiger partial charge in [-0.05, 0) is 32.6 Å². The Morgan fingerprint density at radius 1 is 1.41 bits per heavy atom. The monoisotopic (exact) mass is 234 g/mol. The first kappa shape index (κ1) is 13.0. The summed E-state index contributed by atoms with van der Waals surface area (Å²) < 4.78 is 0. The fraction of sp³-hybridized carbons (Fsp3) is 0.929. The summed E-state index contributed by atoms with van der Waals surface area (Å²) in [5, 5.41) is 0.523. The van der Waals surface area contributed by atoms with Gasteiger partial charge in [-0.25, -0.2) is 0 Å². The quantitative estimate of drug-likeness (QED) is 0.636. The van der Waals surface area contributed by atoms with E-state index < -0.39 is 0 Å². The van der Waals surface area contributed by atoms with Gasteiger partial charge in [-0.15, -0.1) is 0 Å². The Hall–Kier alpha value is -0.465. The number of amidine groups is 1. The predicted octanol–water partition coefficient (Wildman–Crippen LogP) is 2.50. The van der Waals surface area contributed by atoms with Crippen molar-refractivity contribution >= 4 is 13.7 Å². The van der Waals surface area contributed by atoms with Crippen molar-refractivity contribution in [1.29, 1.82) is 0 Å². The number of fused-ring (bicyclic) bond motifs is 1. The molecular formula is C14H27BN2.